The van der Waals surface area contributed by atoms with Gasteiger partial charge in [0.25, 0.3) is 0 Å². The Balaban J connectivity index is 2.12. The average molecular weight is 364 g/mol. The molecule has 0 aliphatic heterocycles. The third-order valence-electron chi connectivity index (χ3n) is 4.62. The molecule has 1 aromatic heterocycles. The number of fused-ring (bicyclic) bond motifs is 1. The van der Waals surface area contributed by atoms with Gasteiger partial charge >= 0.3 is 0 Å². The monoisotopic (exact) mass is 364 g/mol. The average Bonchev–Trinajstić information content (AvgIpc) is 2.96. The smallest absolute Gasteiger partial charge is 0.227 e. The van der Waals surface area contributed by atoms with Gasteiger partial charge in [0.2, 0.25) is 11.8 Å². The maximum Gasteiger partial charge on any atom is 0.227 e. The molecule has 0 bridgehead atoms. The fourth-order valence-corrected chi connectivity index (χ4v) is 3.05. The molecule has 0 aliphatic carbocycles. The van der Waals surface area contributed by atoms with Crippen LogP contribution in [0.4, 0.5) is 5.69 Å². The minimum absolute atomic E-state index is 0.0350. The van der Waals surface area contributed by atoms with E-state index in [0.29, 0.717) is 5.89 Å². The number of hydrogen-bond acceptors (Lipinski definition) is 3. The van der Waals surface area contributed by atoms with E-state index in [1.54, 1.807) is 0 Å². The summed E-state index contributed by atoms with van der Waals surface area (Å²) in [5.41, 5.74) is 5.77. The minimum atomic E-state index is -0.0888. The van der Waals surface area contributed by atoms with Crippen LogP contribution in [0.15, 0.2) is 40.8 Å². The normalized spacial score (nSPS) is 12.4. The van der Waals surface area contributed by atoms with Crippen molar-refractivity contribution in [1.82, 2.24) is 4.98 Å². The molecule has 0 atom stereocenters. The molecule has 4 heteroatoms. The second kappa shape index (κ2) is 6.52. The van der Waals surface area contributed by atoms with Crippen molar-refractivity contribution in [3.63, 3.8) is 0 Å². The minimum Gasteiger partial charge on any atom is -0.436 e. The Bertz CT molecular complexity index is 984. The predicted molar refractivity (Wildman–Crippen MR) is 111 cm³/mol. The molecule has 1 heterocycles. The number of amides is 1. The Labute approximate surface area is 161 Å². The van der Waals surface area contributed by atoms with Gasteiger partial charge < -0.3 is 9.73 Å². The molecule has 0 saturated heterocycles. The van der Waals surface area contributed by atoms with Crippen molar-refractivity contribution in [2.24, 2.45) is 0 Å². The number of anilines is 1. The lowest BCUT2D eigenvalue weighted by Crippen LogP contribution is -2.16. The fourth-order valence-electron chi connectivity index (χ4n) is 3.05. The van der Waals surface area contributed by atoms with Crippen LogP contribution in [0.2, 0.25) is 0 Å². The molecule has 0 unspecified atom stereocenters. The Kier molecular flexibility index (Phi) is 4.62. The van der Waals surface area contributed by atoms with Gasteiger partial charge in [-0.25, -0.2) is 4.98 Å². The van der Waals surface area contributed by atoms with Crippen LogP contribution < -0.4 is 5.32 Å². The number of benzene rings is 2. The zero-order valence-corrected chi connectivity index (χ0v) is 17.2. The quantitative estimate of drug-likeness (QED) is 0.602. The summed E-state index contributed by atoms with van der Waals surface area (Å²) in [6, 6.07) is 11.9. The maximum absolute atomic E-state index is 11.2. The first-order valence-corrected chi connectivity index (χ1v) is 9.29. The molecule has 3 rings (SSSR count). The van der Waals surface area contributed by atoms with Crippen molar-refractivity contribution in [3.05, 3.63) is 47.5 Å². The molecule has 27 heavy (non-hydrogen) atoms. The molecule has 0 radical (unpaired) electrons. The van der Waals surface area contributed by atoms with Crippen molar-refractivity contribution in [1.29, 1.82) is 0 Å². The van der Waals surface area contributed by atoms with Gasteiger partial charge in [-0.15, -0.1) is 0 Å². The topological polar surface area (TPSA) is 55.1 Å². The number of nitrogens with zero attached hydrogens (tertiary/aromatic N) is 1. The Morgan fingerprint density at radius 3 is 2.11 bits per heavy atom. The fraction of sp³-hybridized carbons (Fsp3) is 0.391. The Morgan fingerprint density at radius 2 is 1.59 bits per heavy atom. The summed E-state index contributed by atoms with van der Waals surface area (Å²) in [6.45, 7) is 14.7. The van der Waals surface area contributed by atoms with E-state index in [-0.39, 0.29) is 16.7 Å². The Hall–Kier alpha value is -2.62. The van der Waals surface area contributed by atoms with E-state index in [2.05, 4.69) is 59.0 Å². The summed E-state index contributed by atoms with van der Waals surface area (Å²) in [6.07, 6.45) is 0. The van der Waals surface area contributed by atoms with Crippen LogP contribution in [-0.4, -0.2) is 10.9 Å². The molecule has 4 nitrogen and oxygen atoms in total. The highest BCUT2D eigenvalue weighted by Gasteiger charge is 2.25. The number of rotatable bonds is 2. The number of aromatic nitrogens is 1. The summed E-state index contributed by atoms with van der Waals surface area (Å²) in [5.74, 6) is 0.505. The molecule has 3 aromatic rings. The third-order valence-corrected chi connectivity index (χ3v) is 4.62. The number of hydrogen-bond donors (Lipinski definition) is 1. The highest BCUT2D eigenvalue weighted by molar-refractivity contribution is 5.89. The molecule has 0 saturated carbocycles. The lowest BCUT2D eigenvalue weighted by atomic mass is 9.80. The SMILES string of the molecule is CC(=O)Nc1ccc(-c2nc3cc(C(C)(C)C)cc(C(C)(C)C)c3o2)cc1. The van der Waals surface area contributed by atoms with E-state index in [0.717, 1.165) is 22.4 Å². The first-order valence-electron chi connectivity index (χ1n) is 9.29. The highest BCUT2D eigenvalue weighted by Crippen LogP contribution is 2.37. The Morgan fingerprint density at radius 1 is 0.963 bits per heavy atom. The molecular formula is C23H28N2O2. The van der Waals surface area contributed by atoms with Gasteiger partial charge in [0.1, 0.15) is 5.52 Å². The van der Waals surface area contributed by atoms with E-state index in [9.17, 15) is 4.79 Å². The maximum atomic E-state index is 11.2. The molecule has 0 fully saturated rings. The first kappa shape index (κ1) is 19.2. The van der Waals surface area contributed by atoms with E-state index >= 15 is 0 Å². The van der Waals surface area contributed by atoms with Crippen molar-refractivity contribution < 1.29 is 9.21 Å². The molecule has 142 valence electrons. The summed E-state index contributed by atoms with van der Waals surface area (Å²) < 4.78 is 6.20. The standard InChI is InChI=1S/C23H28N2O2/c1-14(26)24-17-10-8-15(9-11-17)21-25-19-13-16(22(2,3)4)12-18(20(19)27-21)23(5,6)7/h8-13H,1-7H3,(H,24,26). The van der Waals surface area contributed by atoms with Gasteiger partial charge in [0.15, 0.2) is 5.58 Å². The molecule has 1 amide bonds. The second-order valence-corrected chi connectivity index (χ2v) is 9.15. The van der Waals surface area contributed by atoms with Crippen LogP contribution in [0.25, 0.3) is 22.6 Å². The summed E-state index contributed by atoms with van der Waals surface area (Å²) >= 11 is 0. The third kappa shape index (κ3) is 4.05. The van der Waals surface area contributed by atoms with Crippen LogP contribution in [0, 0.1) is 0 Å². The van der Waals surface area contributed by atoms with Gasteiger partial charge in [-0.2, -0.15) is 0 Å². The van der Waals surface area contributed by atoms with E-state index in [1.807, 2.05) is 24.3 Å². The largest absolute Gasteiger partial charge is 0.436 e. The van der Waals surface area contributed by atoms with Crippen LogP contribution in [0.1, 0.15) is 59.6 Å². The molecule has 2 aromatic carbocycles. The number of carbonyl (C=O) groups excluding carboxylic acids is 1. The molecular weight excluding hydrogens is 336 g/mol. The molecule has 0 aliphatic rings. The van der Waals surface area contributed by atoms with Crippen molar-refractivity contribution in [3.8, 4) is 11.5 Å². The predicted octanol–water partition coefficient (Wildman–Crippen LogP) is 6.05. The van der Waals surface area contributed by atoms with Crippen molar-refractivity contribution >= 4 is 22.7 Å². The van der Waals surface area contributed by atoms with E-state index < -0.39 is 0 Å². The van der Waals surface area contributed by atoms with Crippen LogP contribution >= 0.6 is 0 Å². The first-order chi connectivity index (χ1) is 12.4. The summed E-state index contributed by atoms with van der Waals surface area (Å²) in [5, 5.41) is 2.77. The second-order valence-electron chi connectivity index (χ2n) is 9.15. The molecule has 1 N–H and O–H groups in total. The highest BCUT2D eigenvalue weighted by atomic mass is 16.3. The van der Waals surface area contributed by atoms with Gasteiger partial charge in [0.05, 0.1) is 0 Å². The van der Waals surface area contributed by atoms with E-state index in [1.165, 1.54) is 18.1 Å². The zero-order chi connectivity index (χ0) is 20.0. The van der Waals surface area contributed by atoms with Gasteiger partial charge in [-0.1, -0.05) is 47.6 Å². The number of nitrogens with one attached hydrogen (secondary N) is 1. The summed E-state index contributed by atoms with van der Waals surface area (Å²) in [7, 11) is 0. The van der Waals surface area contributed by atoms with Crippen LogP contribution in [-0.2, 0) is 15.6 Å². The number of oxazole rings is 1. The lowest BCUT2D eigenvalue weighted by molar-refractivity contribution is -0.114. The van der Waals surface area contributed by atoms with E-state index in [4.69, 9.17) is 9.40 Å². The molecule has 0 spiro atoms. The van der Waals surface area contributed by atoms with Crippen LogP contribution in [0.5, 0.6) is 0 Å². The van der Waals surface area contributed by atoms with Gasteiger partial charge in [-0.3, -0.25) is 4.79 Å². The van der Waals surface area contributed by atoms with Crippen LogP contribution in [0.3, 0.4) is 0 Å². The lowest BCUT2D eigenvalue weighted by Gasteiger charge is -2.24. The van der Waals surface area contributed by atoms with Gasteiger partial charge in [0, 0.05) is 23.7 Å². The summed E-state index contributed by atoms with van der Waals surface area (Å²) in [4.78, 5) is 16.0. The number of carbonyl (C=O) groups is 1. The van der Waals surface area contributed by atoms with Crippen molar-refractivity contribution in [2.75, 3.05) is 5.32 Å². The zero-order valence-electron chi connectivity index (χ0n) is 17.2. The van der Waals surface area contributed by atoms with Gasteiger partial charge in [-0.05, 0) is 46.7 Å². The van der Waals surface area contributed by atoms with Crippen molar-refractivity contribution in [2.45, 2.75) is 59.3 Å².